The lowest BCUT2D eigenvalue weighted by Crippen LogP contribution is -2.28. The second-order valence-electron chi connectivity index (χ2n) is 12.4. The van der Waals surface area contributed by atoms with E-state index in [1.807, 2.05) is 65.8 Å². The molecule has 0 bridgehead atoms. The molecule has 6 aromatic rings. The highest BCUT2D eigenvalue weighted by molar-refractivity contribution is 7.16. The summed E-state index contributed by atoms with van der Waals surface area (Å²) in [5.41, 5.74) is 10.2. The van der Waals surface area contributed by atoms with E-state index in [-0.39, 0.29) is 22.7 Å². The van der Waals surface area contributed by atoms with Gasteiger partial charge in [-0.2, -0.15) is 5.10 Å². The average molecular weight is 848 g/mol. The van der Waals surface area contributed by atoms with Crippen molar-refractivity contribution in [1.82, 2.24) is 9.97 Å². The van der Waals surface area contributed by atoms with Crippen LogP contribution in [0.25, 0.3) is 22.5 Å². The minimum absolute atomic E-state index is 0.0294. The van der Waals surface area contributed by atoms with Crippen LogP contribution in [0.15, 0.2) is 95.4 Å². The van der Waals surface area contributed by atoms with E-state index in [1.165, 1.54) is 17.4 Å². The van der Waals surface area contributed by atoms with Gasteiger partial charge in [0, 0.05) is 48.8 Å². The fraction of sp³-hybridized carbons (Fsp3) is 0.190. The summed E-state index contributed by atoms with van der Waals surface area (Å²) >= 11 is 15.3. The summed E-state index contributed by atoms with van der Waals surface area (Å²) in [6, 6.07) is 24.5. The Kier molecular flexibility index (Phi) is 16.4. The van der Waals surface area contributed by atoms with Crippen molar-refractivity contribution < 1.29 is 24.2 Å². The fourth-order valence-corrected chi connectivity index (χ4v) is 7.50. The number of carbonyl (C=O) groups is 2. The van der Waals surface area contributed by atoms with Gasteiger partial charge in [-0.1, -0.05) is 109 Å². The molecule has 15 heteroatoms. The topological polar surface area (TPSA) is 166 Å². The number of hydrogen-bond acceptors (Lipinski definition) is 10. The smallest absolute Gasteiger partial charge is 0.336 e. The first-order valence-corrected chi connectivity index (χ1v) is 20.1. The molecule has 0 spiro atoms. The maximum absolute atomic E-state index is 13.2. The molecule has 5 N–H and O–H groups in total. The van der Waals surface area contributed by atoms with E-state index in [0.29, 0.717) is 32.7 Å². The van der Waals surface area contributed by atoms with Gasteiger partial charge in [-0.3, -0.25) is 0 Å². The second-order valence-corrected chi connectivity index (χ2v) is 15.3. The molecule has 0 aliphatic heterocycles. The third-order valence-electron chi connectivity index (χ3n) is 8.40. The molecule has 0 radical (unpaired) electrons. The Morgan fingerprint density at radius 1 is 0.930 bits per heavy atom. The van der Waals surface area contributed by atoms with Gasteiger partial charge in [-0.25, -0.2) is 29.0 Å². The van der Waals surface area contributed by atoms with Gasteiger partial charge in [-0.15, -0.1) is 11.3 Å². The van der Waals surface area contributed by atoms with Crippen molar-refractivity contribution in [2.45, 2.75) is 53.0 Å². The molecule has 2 aromatic heterocycles. The molecule has 296 valence electrons. The van der Waals surface area contributed by atoms with Crippen molar-refractivity contribution in [3.05, 3.63) is 139 Å². The van der Waals surface area contributed by atoms with Crippen LogP contribution >= 0.6 is 45.9 Å². The number of aromatic nitrogens is 2. The summed E-state index contributed by atoms with van der Waals surface area (Å²) in [7, 11) is 0. The Bertz CT molecular complexity index is 2370. The number of aryl methyl sites for hydroxylation is 2. The predicted octanol–water partition coefficient (Wildman–Crippen LogP) is 11.6. The van der Waals surface area contributed by atoms with E-state index < -0.39 is 17.8 Å². The third-order valence-corrected chi connectivity index (χ3v) is 10.7. The lowest BCUT2D eigenvalue weighted by atomic mass is 10.0. The van der Waals surface area contributed by atoms with Crippen LogP contribution in [0.4, 0.5) is 14.7 Å². The first-order chi connectivity index (χ1) is 27.3. The first kappa shape index (κ1) is 44.2. The van der Waals surface area contributed by atoms with E-state index in [9.17, 15) is 19.1 Å². The first-order valence-electron chi connectivity index (χ1n) is 17.7. The summed E-state index contributed by atoms with van der Waals surface area (Å²) in [5, 5.41) is 36.3. The highest BCUT2D eigenvalue weighted by Crippen LogP contribution is 2.37. The zero-order valence-electron chi connectivity index (χ0n) is 31.5. The van der Waals surface area contributed by atoms with Gasteiger partial charge in [0.05, 0.1) is 34.8 Å². The lowest BCUT2D eigenvalue weighted by molar-refractivity contribution is 0.0685. The van der Waals surface area contributed by atoms with Gasteiger partial charge < -0.3 is 21.4 Å². The molecular formula is C42H41Cl2FN6O4S2. The molecule has 1 atom stereocenters. The van der Waals surface area contributed by atoms with Gasteiger partial charge >= 0.3 is 11.9 Å². The van der Waals surface area contributed by atoms with Crippen molar-refractivity contribution in [2.75, 3.05) is 10.7 Å². The number of nitrogens with two attached hydrogens (primary N) is 1. The van der Waals surface area contributed by atoms with E-state index in [0.717, 1.165) is 57.6 Å². The summed E-state index contributed by atoms with van der Waals surface area (Å²) in [6.07, 6.45) is 4.80. The van der Waals surface area contributed by atoms with Crippen molar-refractivity contribution in [3.8, 4) is 22.5 Å². The van der Waals surface area contributed by atoms with Crippen molar-refractivity contribution >= 4 is 80.5 Å². The van der Waals surface area contributed by atoms with Crippen molar-refractivity contribution in [3.63, 3.8) is 0 Å². The van der Waals surface area contributed by atoms with Crippen LogP contribution in [0.1, 0.15) is 75.9 Å². The Morgan fingerprint density at radius 3 is 2.11 bits per heavy atom. The molecular weight excluding hydrogens is 807 g/mol. The van der Waals surface area contributed by atoms with Gasteiger partial charge in [0.2, 0.25) is 5.13 Å². The normalized spacial score (nSPS) is 11.2. The number of carboxylic acids is 2. The summed E-state index contributed by atoms with van der Waals surface area (Å²) in [5.74, 6) is -2.58. The molecule has 0 saturated carbocycles. The summed E-state index contributed by atoms with van der Waals surface area (Å²) in [4.78, 5) is 32.3. The monoisotopic (exact) mass is 846 g/mol. The quantitative estimate of drug-likeness (QED) is 0.0698. The zero-order chi connectivity index (χ0) is 41.6. The van der Waals surface area contributed by atoms with Crippen LogP contribution in [-0.2, 0) is 6.42 Å². The number of benzene rings is 4. The Balaban J connectivity index is 0.000000219. The number of nitrogens with zero attached hydrogens (tertiary/aromatic N) is 4. The molecule has 0 fully saturated rings. The van der Waals surface area contributed by atoms with Gasteiger partial charge in [-0.05, 0) is 62.6 Å². The number of thiazole rings is 2. The molecule has 10 nitrogen and oxygen atoms in total. The highest BCUT2D eigenvalue weighted by atomic mass is 35.5. The number of rotatable bonds is 12. The van der Waals surface area contributed by atoms with E-state index >= 15 is 0 Å². The molecule has 0 amide bonds. The molecule has 0 saturated heterocycles. The minimum Gasteiger partial charge on any atom is -0.478 e. The van der Waals surface area contributed by atoms with Crippen LogP contribution < -0.4 is 10.7 Å². The standard InChI is InChI=1S/C23H24ClN3O2S.C10H10FNO2.C9H7ClN2S/c1-4-9-15(2)27(25-14-17-10-5-6-11-18(17)22(28)29)23-26-21(16(3)30-23)19-12-7-8-13-20(19)24;1-2-6-3-8(10(13)14)7(5-12)4-9(6)11;10-7-4-2-1-3-6(7)8-5-13-9(11)12-8/h5-8,10-15H,4,9H2,1-3H3,(H,28,29);3-5,12H,2H2,1H3,(H,13,14);1-5H,(H2,11,12)/b25-14+;;. The number of hydrogen-bond donors (Lipinski definition) is 4. The average Bonchev–Trinajstić information content (AvgIpc) is 3.80. The van der Waals surface area contributed by atoms with Gasteiger partial charge in [0.1, 0.15) is 5.82 Å². The number of nitrogen functional groups attached to an aromatic ring is 1. The molecule has 0 aliphatic rings. The van der Waals surface area contributed by atoms with Crippen LogP contribution in [-0.4, -0.2) is 50.6 Å². The number of hydrazone groups is 1. The largest absolute Gasteiger partial charge is 0.478 e. The third kappa shape index (κ3) is 11.8. The highest BCUT2D eigenvalue weighted by Gasteiger charge is 2.21. The van der Waals surface area contributed by atoms with Crippen molar-refractivity contribution in [2.24, 2.45) is 5.10 Å². The van der Waals surface area contributed by atoms with E-state index in [1.54, 1.807) is 48.7 Å². The van der Waals surface area contributed by atoms with Crippen LogP contribution in [0.2, 0.25) is 10.0 Å². The Hall–Kier alpha value is -5.47. The van der Waals surface area contributed by atoms with Gasteiger partial charge in [0.15, 0.2) is 5.13 Å². The number of anilines is 2. The van der Waals surface area contributed by atoms with Crippen LogP contribution in [0, 0.1) is 18.2 Å². The molecule has 4 aromatic carbocycles. The molecule has 0 aliphatic carbocycles. The van der Waals surface area contributed by atoms with E-state index in [2.05, 4.69) is 23.9 Å². The number of carboxylic acid groups (broad SMARTS) is 2. The van der Waals surface area contributed by atoms with Gasteiger partial charge in [0.25, 0.3) is 0 Å². The summed E-state index contributed by atoms with van der Waals surface area (Å²) in [6.45, 7) is 7.98. The molecule has 57 heavy (non-hydrogen) atoms. The lowest BCUT2D eigenvalue weighted by Gasteiger charge is -2.23. The zero-order valence-corrected chi connectivity index (χ0v) is 34.7. The molecule has 6 rings (SSSR count). The maximum Gasteiger partial charge on any atom is 0.336 e. The second kappa shape index (κ2) is 21.2. The SMILES string of the molecule is CCCC(C)N(/N=C/c1ccccc1C(=O)O)c1nc(-c2ccccc2Cl)c(C)s1.CCc1cc(C(=O)O)c(C=N)cc1F.Nc1nc(-c2ccccc2Cl)cs1. The fourth-order valence-electron chi connectivity index (χ4n) is 5.49. The number of halogens is 3. The predicted molar refractivity (Wildman–Crippen MR) is 233 cm³/mol. The van der Waals surface area contributed by atoms with E-state index in [4.69, 9.17) is 44.4 Å². The summed E-state index contributed by atoms with van der Waals surface area (Å²) < 4.78 is 13.2. The number of nitrogens with one attached hydrogen (secondary N) is 1. The van der Waals surface area contributed by atoms with Crippen molar-refractivity contribution in [1.29, 1.82) is 5.41 Å². The Morgan fingerprint density at radius 2 is 1.54 bits per heavy atom. The number of aromatic carboxylic acids is 2. The molecule has 1 unspecified atom stereocenters. The minimum atomic E-state index is -1.14. The maximum atomic E-state index is 13.2. The van der Waals surface area contributed by atoms with Crippen LogP contribution in [0.3, 0.4) is 0 Å². The Labute approximate surface area is 348 Å². The van der Waals surface area contributed by atoms with Crippen LogP contribution in [0.5, 0.6) is 0 Å². The molecule has 2 heterocycles.